The number of nitrogens with zero attached hydrogens (tertiary/aromatic N) is 1. The van der Waals surface area contributed by atoms with E-state index in [4.69, 9.17) is 15.2 Å². The van der Waals surface area contributed by atoms with Gasteiger partial charge in [-0.3, -0.25) is 0 Å². The molecule has 1 heterocycles. The maximum absolute atomic E-state index is 11.7. The van der Waals surface area contributed by atoms with Crippen molar-refractivity contribution in [1.29, 1.82) is 0 Å². The maximum Gasteiger partial charge on any atom is 0.410 e. The second kappa shape index (κ2) is 5.69. The first-order chi connectivity index (χ1) is 8.24. The highest BCUT2D eigenvalue weighted by atomic mass is 16.6. The van der Waals surface area contributed by atoms with Gasteiger partial charge in [-0.1, -0.05) is 0 Å². The molecule has 2 fully saturated rings. The summed E-state index contributed by atoms with van der Waals surface area (Å²) < 4.78 is 10.3. The van der Waals surface area contributed by atoms with Crippen LogP contribution in [0, 0.1) is 5.92 Å². The van der Waals surface area contributed by atoms with Crippen molar-refractivity contribution < 1.29 is 14.3 Å². The lowest BCUT2D eigenvalue weighted by Crippen LogP contribution is -2.40. The van der Waals surface area contributed by atoms with Crippen molar-refractivity contribution in [3.63, 3.8) is 0 Å². The highest BCUT2D eigenvalue weighted by molar-refractivity contribution is 5.70. The molecule has 1 amide bonds. The van der Waals surface area contributed by atoms with Gasteiger partial charge in [0.25, 0.3) is 0 Å². The Balaban J connectivity index is 1.84. The summed E-state index contributed by atoms with van der Waals surface area (Å²) in [4.78, 5) is 13.6. The number of cyclic esters (lactones) is 1. The summed E-state index contributed by atoms with van der Waals surface area (Å²) in [7, 11) is 1.63. The Bertz CT molecular complexity index is 264. The summed E-state index contributed by atoms with van der Waals surface area (Å²) in [6.07, 6.45) is 4.08. The predicted octanol–water partition coefficient (Wildman–Crippen LogP) is 0.971. The first-order valence-electron chi connectivity index (χ1n) is 6.40. The molecule has 1 saturated carbocycles. The molecule has 2 N–H and O–H groups in total. The minimum Gasteiger partial charge on any atom is -0.442 e. The fourth-order valence-electron chi connectivity index (χ4n) is 2.80. The smallest absolute Gasteiger partial charge is 0.410 e. The highest BCUT2D eigenvalue weighted by Crippen LogP contribution is 2.29. The van der Waals surface area contributed by atoms with Gasteiger partial charge < -0.3 is 20.1 Å². The van der Waals surface area contributed by atoms with E-state index in [2.05, 4.69) is 0 Å². The average Bonchev–Trinajstić information content (AvgIpc) is 2.71. The van der Waals surface area contributed by atoms with Crippen molar-refractivity contribution >= 4 is 6.09 Å². The molecule has 5 nitrogen and oxygen atoms in total. The van der Waals surface area contributed by atoms with Gasteiger partial charge in [0, 0.05) is 13.2 Å². The number of methoxy groups -OCH3 is 1. The quantitative estimate of drug-likeness (QED) is 0.798. The molecule has 1 aliphatic heterocycles. The van der Waals surface area contributed by atoms with Crippen molar-refractivity contribution in [3.05, 3.63) is 0 Å². The fourth-order valence-corrected chi connectivity index (χ4v) is 2.80. The van der Waals surface area contributed by atoms with Gasteiger partial charge in [0.1, 0.15) is 6.10 Å². The summed E-state index contributed by atoms with van der Waals surface area (Å²) in [5, 5.41) is 0. The van der Waals surface area contributed by atoms with Gasteiger partial charge in [-0.25, -0.2) is 4.79 Å². The standard InChI is InChI=1S/C12H22N2O3/c1-16-8-11-7-14(12(15)17-11)10-4-2-9(6-13)3-5-10/h9-11H,2-8,13H2,1H3. The molecule has 0 spiro atoms. The van der Waals surface area contributed by atoms with E-state index in [-0.39, 0.29) is 12.2 Å². The van der Waals surface area contributed by atoms with Crippen LogP contribution in [0.15, 0.2) is 0 Å². The fraction of sp³-hybridized carbons (Fsp3) is 0.917. The van der Waals surface area contributed by atoms with Gasteiger partial charge in [0.05, 0.1) is 13.2 Å². The number of nitrogens with two attached hydrogens (primary N) is 1. The number of ether oxygens (including phenoxy) is 2. The van der Waals surface area contributed by atoms with Gasteiger partial charge in [-0.2, -0.15) is 0 Å². The van der Waals surface area contributed by atoms with Crippen molar-refractivity contribution in [3.8, 4) is 0 Å². The molecule has 0 bridgehead atoms. The van der Waals surface area contributed by atoms with E-state index >= 15 is 0 Å². The topological polar surface area (TPSA) is 64.8 Å². The van der Waals surface area contributed by atoms with Gasteiger partial charge in [-0.15, -0.1) is 0 Å². The van der Waals surface area contributed by atoms with Crippen LogP contribution in [-0.2, 0) is 9.47 Å². The second-order valence-electron chi connectivity index (χ2n) is 5.02. The molecular weight excluding hydrogens is 220 g/mol. The third kappa shape index (κ3) is 2.90. The Morgan fingerprint density at radius 1 is 1.41 bits per heavy atom. The number of carbonyl (C=O) groups is 1. The van der Waals surface area contributed by atoms with Crippen molar-refractivity contribution in [1.82, 2.24) is 4.90 Å². The van der Waals surface area contributed by atoms with Crippen LogP contribution in [0.4, 0.5) is 4.79 Å². The van der Waals surface area contributed by atoms with Crippen LogP contribution in [-0.4, -0.2) is 49.9 Å². The predicted molar refractivity (Wildman–Crippen MR) is 63.7 cm³/mol. The molecule has 17 heavy (non-hydrogen) atoms. The van der Waals surface area contributed by atoms with E-state index in [1.165, 1.54) is 0 Å². The number of rotatable bonds is 4. The molecule has 0 aromatic rings. The first-order valence-corrected chi connectivity index (χ1v) is 6.40. The van der Waals surface area contributed by atoms with Crippen LogP contribution in [0.1, 0.15) is 25.7 Å². The molecule has 0 radical (unpaired) electrons. The molecule has 0 aromatic heterocycles. The zero-order chi connectivity index (χ0) is 12.3. The van der Waals surface area contributed by atoms with E-state index < -0.39 is 0 Å². The Hall–Kier alpha value is -0.810. The number of amides is 1. The Morgan fingerprint density at radius 3 is 2.71 bits per heavy atom. The largest absolute Gasteiger partial charge is 0.442 e. The molecule has 2 rings (SSSR count). The monoisotopic (exact) mass is 242 g/mol. The lowest BCUT2D eigenvalue weighted by atomic mass is 9.85. The third-order valence-electron chi connectivity index (χ3n) is 3.85. The third-order valence-corrected chi connectivity index (χ3v) is 3.85. The number of hydrogen-bond donors (Lipinski definition) is 1. The summed E-state index contributed by atoms with van der Waals surface area (Å²) in [5.41, 5.74) is 5.67. The molecule has 5 heteroatoms. The van der Waals surface area contributed by atoms with E-state index in [0.717, 1.165) is 32.2 Å². The Kier molecular flexibility index (Phi) is 4.23. The number of hydrogen-bond acceptors (Lipinski definition) is 4. The molecular formula is C12H22N2O3. The lowest BCUT2D eigenvalue weighted by Gasteiger charge is -2.32. The summed E-state index contributed by atoms with van der Waals surface area (Å²) in [6.45, 7) is 1.93. The van der Waals surface area contributed by atoms with E-state index in [9.17, 15) is 4.79 Å². The molecule has 1 atom stereocenters. The molecule has 98 valence electrons. The van der Waals surface area contributed by atoms with E-state index in [0.29, 0.717) is 25.1 Å². The summed E-state index contributed by atoms with van der Waals surface area (Å²) in [6, 6.07) is 0.340. The molecule has 2 aliphatic rings. The molecule has 1 unspecified atom stereocenters. The zero-order valence-electron chi connectivity index (χ0n) is 10.4. The number of carbonyl (C=O) groups excluding carboxylic acids is 1. The van der Waals surface area contributed by atoms with Crippen LogP contribution in [0.2, 0.25) is 0 Å². The highest BCUT2D eigenvalue weighted by Gasteiger charge is 2.37. The van der Waals surface area contributed by atoms with Crippen molar-refractivity contribution in [2.24, 2.45) is 11.7 Å². The minimum atomic E-state index is -0.178. The lowest BCUT2D eigenvalue weighted by molar-refractivity contribution is 0.0712. The normalized spacial score (nSPS) is 33.9. The minimum absolute atomic E-state index is 0.0975. The van der Waals surface area contributed by atoms with E-state index in [1.807, 2.05) is 4.90 Å². The van der Waals surface area contributed by atoms with Crippen LogP contribution in [0.25, 0.3) is 0 Å². The van der Waals surface area contributed by atoms with E-state index in [1.54, 1.807) is 7.11 Å². The van der Waals surface area contributed by atoms with Crippen LogP contribution in [0.3, 0.4) is 0 Å². The average molecular weight is 242 g/mol. The van der Waals surface area contributed by atoms with Gasteiger partial charge in [-0.05, 0) is 38.1 Å². The SMILES string of the molecule is COCC1CN(C2CCC(CN)CC2)C(=O)O1. The van der Waals surface area contributed by atoms with Crippen LogP contribution >= 0.6 is 0 Å². The summed E-state index contributed by atoms with van der Waals surface area (Å²) >= 11 is 0. The Morgan fingerprint density at radius 2 is 2.12 bits per heavy atom. The molecule has 0 aromatic carbocycles. The van der Waals surface area contributed by atoms with Gasteiger partial charge in [0.2, 0.25) is 0 Å². The Labute approximate surface area is 102 Å². The van der Waals surface area contributed by atoms with Crippen LogP contribution in [0.5, 0.6) is 0 Å². The van der Waals surface area contributed by atoms with Gasteiger partial charge >= 0.3 is 6.09 Å². The van der Waals surface area contributed by atoms with Crippen molar-refractivity contribution in [2.45, 2.75) is 37.8 Å². The molecule has 1 saturated heterocycles. The van der Waals surface area contributed by atoms with Crippen LogP contribution < -0.4 is 5.73 Å². The summed E-state index contributed by atoms with van der Waals surface area (Å²) in [5.74, 6) is 0.639. The second-order valence-corrected chi connectivity index (χ2v) is 5.02. The zero-order valence-corrected chi connectivity index (χ0v) is 10.4. The maximum atomic E-state index is 11.7. The van der Waals surface area contributed by atoms with Crippen molar-refractivity contribution in [2.75, 3.05) is 26.8 Å². The van der Waals surface area contributed by atoms with Gasteiger partial charge in [0.15, 0.2) is 0 Å². The first kappa shape index (κ1) is 12.6. The molecule has 1 aliphatic carbocycles.